The van der Waals surface area contributed by atoms with Gasteiger partial charge in [0.1, 0.15) is 24.0 Å². The third-order valence-corrected chi connectivity index (χ3v) is 5.13. The van der Waals surface area contributed by atoms with Gasteiger partial charge in [-0.15, -0.1) is 0 Å². The topological polar surface area (TPSA) is 62.1 Å². The average Bonchev–Trinajstić information content (AvgIpc) is 2.74. The number of carbonyl (C=O) groups is 1. The molecular weight excluding hydrogens is 440 g/mol. The Bertz CT molecular complexity index is 1130. The van der Waals surface area contributed by atoms with Gasteiger partial charge in [0.25, 0.3) is 5.91 Å². The van der Waals surface area contributed by atoms with Crippen molar-refractivity contribution in [2.75, 3.05) is 5.32 Å². The second-order valence-electron chi connectivity index (χ2n) is 6.88. The number of nitrogens with zero attached hydrogens (tertiary/aromatic N) is 1. The molecule has 0 heterocycles. The quantitative estimate of drug-likeness (QED) is 0.352. The molecule has 1 amide bonds. The number of para-hydroxylation sites is 1. The molecule has 4 nitrogen and oxygen atoms in total. The van der Waals surface area contributed by atoms with E-state index in [1.807, 2.05) is 48.5 Å². The van der Waals surface area contributed by atoms with Crippen LogP contribution in [0.25, 0.3) is 6.08 Å². The lowest BCUT2D eigenvalue weighted by Gasteiger charge is -2.12. The van der Waals surface area contributed by atoms with Crippen LogP contribution in [-0.4, -0.2) is 5.91 Å². The smallest absolute Gasteiger partial charge is 0.266 e. The van der Waals surface area contributed by atoms with Crippen LogP contribution in [0.2, 0.25) is 0 Å². The minimum Gasteiger partial charge on any atom is -0.488 e. The summed E-state index contributed by atoms with van der Waals surface area (Å²) in [6.07, 6.45) is 1.54. The Kier molecular flexibility index (Phi) is 7.05. The molecule has 0 saturated heterocycles. The highest BCUT2D eigenvalue weighted by Crippen LogP contribution is 2.27. The Labute approximate surface area is 184 Å². The van der Waals surface area contributed by atoms with Gasteiger partial charge in [-0.2, -0.15) is 5.26 Å². The minimum atomic E-state index is -0.469. The van der Waals surface area contributed by atoms with Crippen molar-refractivity contribution in [2.24, 2.45) is 0 Å². The predicted molar refractivity (Wildman–Crippen MR) is 123 cm³/mol. The van der Waals surface area contributed by atoms with Gasteiger partial charge in [0, 0.05) is 15.7 Å². The van der Waals surface area contributed by atoms with E-state index in [4.69, 9.17) is 4.74 Å². The number of halogens is 1. The number of hydrogen-bond acceptors (Lipinski definition) is 3. The van der Waals surface area contributed by atoms with Gasteiger partial charge in [-0.25, -0.2) is 0 Å². The second-order valence-corrected chi connectivity index (χ2v) is 7.80. The highest BCUT2D eigenvalue weighted by molar-refractivity contribution is 9.10. The summed E-state index contributed by atoms with van der Waals surface area (Å²) in [5.74, 6) is 0.125. The Morgan fingerprint density at radius 2 is 1.83 bits per heavy atom. The van der Waals surface area contributed by atoms with E-state index in [2.05, 4.69) is 47.2 Å². The molecule has 0 saturated carbocycles. The predicted octanol–water partition coefficient (Wildman–Crippen LogP) is 6.19. The van der Waals surface area contributed by atoms with E-state index in [1.165, 1.54) is 11.1 Å². The molecular formula is C25H21BrN2O2. The van der Waals surface area contributed by atoms with Crippen molar-refractivity contribution >= 4 is 33.6 Å². The Morgan fingerprint density at radius 3 is 2.53 bits per heavy atom. The number of ether oxygens (including phenoxy) is 1. The molecule has 0 unspecified atom stereocenters. The molecule has 0 aliphatic heterocycles. The summed E-state index contributed by atoms with van der Waals surface area (Å²) in [6, 6.07) is 22.7. The van der Waals surface area contributed by atoms with Crippen LogP contribution >= 0.6 is 15.9 Å². The fraction of sp³-hybridized carbons (Fsp3) is 0.120. The summed E-state index contributed by atoms with van der Waals surface area (Å²) in [7, 11) is 0. The van der Waals surface area contributed by atoms with E-state index < -0.39 is 5.91 Å². The molecule has 0 atom stereocenters. The first-order valence-corrected chi connectivity index (χ1v) is 10.2. The first kappa shape index (κ1) is 21.4. The highest BCUT2D eigenvalue weighted by atomic mass is 79.9. The van der Waals surface area contributed by atoms with Gasteiger partial charge in [-0.05, 0) is 66.9 Å². The maximum absolute atomic E-state index is 12.5. The molecule has 5 heteroatoms. The van der Waals surface area contributed by atoms with Crippen molar-refractivity contribution in [3.05, 3.63) is 99.0 Å². The molecule has 0 aromatic heterocycles. The summed E-state index contributed by atoms with van der Waals surface area (Å²) in [5, 5.41) is 12.3. The summed E-state index contributed by atoms with van der Waals surface area (Å²) in [5.41, 5.74) is 4.76. The van der Waals surface area contributed by atoms with Gasteiger partial charge in [0.05, 0.1) is 0 Å². The van der Waals surface area contributed by atoms with Gasteiger partial charge in [0.2, 0.25) is 0 Å². The highest BCUT2D eigenvalue weighted by Gasteiger charge is 2.12. The lowest BCUT2D eigenvalue weighted by atomic mass is 10.1. The van der Waals surface area contributed by atoms with Crippen LogP contribution in [0.1, 0.15) is 22.3 Å². The molecule has 0 bridgehead atoms. The van der Waals surface area contributed by atoms with E-state index in [0.29, 0.717) is 23.6 Å². The zero-order valence-corrected chi connectivity index (χ0v) is 18.4. The third-order valence-electron chi connectivity index (χ3n) is 4.63. The van der Waals surface area contributed by atoms with E-state index >= 15 is 0 Å². The molecule has 150 valence electrons. The molecule has 0 spiro atoms. The first-order chi connectivity index (χ1) is 14.5. The number of benzene rings is 3. The maximum atomic E-state index is 12.5. The van der Waals surface area contributed by atoms with Gasteiger partial charge in [0.15, 0.2) is 0 Å². The van der Waals surface area contributed by atoms with E-state index in [0.717, 1.165) is 10.0 Å². The van der Waals surface area contributed by atoms with Crippen molar-refractivity contribution in [3.63, 3.8) is 0 Å². The van der Waals surface area contributed by atoms with Crippen LogP contribution in [0.4, 0.5) is 5.69 Å². The van der Waals surface area contributed by atoms with Crippen LogP contribution < -0.4 is 10.1 Å². The van der Waals surface area contributed by atoms with Crippen LogP contribution in [0.5, 0.6) is 5.75 Å². The van der Waals surface area contributed by atoms with Gasteiger partial charge < -0.3 is 10.1 Å². The Hall–Kier alpha value is -3.36. The number of anilines is 1. The maximum Gasteiger partial charge on any atom is 0.266 e. The van der Waals surface area contributed by atoms with Crippen molar-refractivity contribution in [1.82, 2.24) is 0 Å². The largest absolute Gasteiger partial charge is 0.488 e. The fourth-order valence-electron chi connectivity index (χ4n) is 2.84. The first-order valence-electron chi connectivity index (χ1n) is 9.43. The minimum absolute atomic E-state index is 0.00650. The number of nitriles is 1. The fourth-order valence-corrected chi connectivity index (χ4v) is 3.22. The molecule has 0 radical (unpaired) electrons. The number of hydrogen-bond donors (Lipinski definition) is 1. The van der Waals surface area contributed by atoms with Crippen LogP contribution in [0.15, 0.2) is 76.8 Å². The van der Waals surface area contributed by atoms with Crippen LogP contribution in [0, 0.1) is 25.2 Å². The number of rotatable bonds is 6. The van der Waals surface area contributed by atoms with Gasteiger partial charge >= 0.3 is 0 Å². The van der Waals surface area contributed by atoms with Crippen molar-refractivity contribution < 1.29 is 9.53 Å². The SMILES string of the molecule is Cc1ccc(COc2ccc(Br)cc2/C=C(\C#N)C(=O)Nc2ccccc2)cc1C. The van der Waals surface area contributed by atoms with Gasteiger partial charge in [-0.3, -0.25) is 4.79 Å². The molecule has 3 aromatic rings. The summed E-state index contributed by atoms with van der Waals surface area (Å²) < 4.78 is 6.84. The summed E-state index contributed by atoms with van der Waals surface area (Å²) >= 11 is 3.44. The molecule has 3 aromatic carbocycles. The lowest BCUT2D eigenvalue weighted by Crippen LogP contribution is -2.13. The van der Waals surface area contributed by atoms with E-state index in [-0.39, 0.29) is 5.57 Å². The van der Waals surface area contributed by atoms with Crippen molar-refractivity contribution in [1.29, 1.82) is 5.26 Å². The van der Waals surface area contributed by atoms with Crippen LogP contribution in [0.3, 0.4) is 0 Å². The van der Waals surface area contributed by atoms with Gasteiger partial charge in [-0.1, -0.05) is 52.3 Å². The molecule has 0 aliphatic rings. The number of amides is 1. The number of aryl methyl sites for hydroxylation is 2. The average molecular weight is 461 g/mol. The van der Waals surface area contributed by atoms with Crippen molar-refractivity contribution in [2.45, 2.75) is 20.5 Å². The Morgan fingerprint density at radius 1 is 1.07 bits per heavy atom. The summed E-state index contributed by atoms with van der Waals surface area (Å²) in [4.78, 5) is 12.5. The van der Waals surface area contributed by atoms with Crippen LogP contribution in [-0.2, 0) is 11.4 Å². The third kappa shape index (κ3) is 5.59. The monoisotopic (exact) mass is 460 g/mol. The normalized spacial score (nSPS) is 10.9. The Balaban J connectivity index is 1.83. The summed E-state index contributed by atoms with van der Waals surface area (Å²) in [6.45, 7) is 4.53. The molecule has 3 rings (SSSR count). The van der Waals surface area contributed by atoms with Crippen molar-refractivity contribution in [3.8, 4) is 11.8 Å². The zero-order chi connectivity index (χ0) is 21.5. The van der Waals surface area contributed by atoms with E-state index in [1.54, 1.807) is 18.2 Å². The number of nitrogens with one attached hydrogen (secondary N) is 1. The number of carbonyl (C=O) groups excluding carboxylic acids is 1. The van der Waals surface area contributed by atoms with E-state index in [9.17, 15) is 10.1 Å². The lowest BCUT2D eigenvalue weighted by molar-refractivity contribution is -0.112. The molecule has 0 fully saturated rings. The standard InChI is InChI=1S/C25H21BrN2O2/c1-17-8-9-19(12-18(17)2)16-30-24-11-10-22(26)14-20(24)13-21(15-27)25(29)28-23-6-4-3-5-7-23/h3-14H,16H2,1-2H3,(H,28,29)/b21-13+. The molecule has 30 heavy (non-hydrogen) atoms. The second kappa shape index (κ2) is 9.91. The molecule has 0 aliphatic carbocycles. The zero-order valence-electron chi connectivity index (χ0n) is 16.8. The molecule has 1 N–H and O–H groups in total.